The molecule has 0 bridgehead atoms. The third-order valence-corrected chi connectivity index (χ3v) is 2.57. The second-order valence-corrected chi connectivity index (χ2v) is 4.08. The van der Waals surface area contributed by atoms with Crippen molar-refractivity contribution < 1.29 is 19.1 Å². The molecule has 0 fully saturated rings. The normalized spacial score (nSPS) is 12.1. The van der Waals surface area contributed by atoms with E-state index in [1.807, 2.05) is 38.1 Å². The number of aryl methyl sites for hydroxylation is 1. The van der Waals surface area contributed by atoms with E-state index >= 15 is 0 Å². The van der Waals surface area contributed by atoms with Crippen molar-refractivity contribution in [3.05, 3.63) is 53.5 Å². The van der Waals surface area contributed by atoms with Gasteiger partial charge in [0.25, 0.3) is 0 Å². The van der Waals surface area contributed by atoms with Crippen molar-refractivity contribution in [1.82, 2.24) is 0 Å². The van der Waals surface area contributed by atoms with E-state index in [0.29, 0.717) is 5.76 Å². The number of aromatic carboxylic acids is 1. The molecule has 1 heterocycles. The highest BCUT2D eigenvalue weighted by molar-refractivity contribution is 5.84. The second-order valence-electron chi connectivity index (χ2n) is 4.08. The molecule has 1 unspecified atom stereocenters. The first kappa shape index (κ1) is 12.2. The Kier molecular flexibility index (Phi) is 3.37. The number of benzene rings is 1. The van der Waals surface area contributed by atoms with E-state index < -0.39 is 5.97 Å². The molecule has 18 heavy (non-hydrogen) atoms. The van der Waals surface area contributed by atoms with Crippen molar-refractivity contribution in [2.45, 2.75) is 20.0 Å². The summed E-state index contributed by atoms with van der Waals surface area (Å²) in [4.78, 5) is 10.7. The molecule has 0 saturated heterocycles. The van der Waals surface area contributed by atoms with Gasteiger partial charge < -0.3 is 14.3 Å². The van der Waals surface area contributed by atoms with Crippen LogP contribution in [0.25, 0.3) is 0 Å². The van der Waals surface area contributed by atoms with Crippen LogP contribution in [0.15, 0.2) is 40.8 Å². The van der Waals surface area contributed by atoms with Crippen LogP contribution in [-0.2, 0) is 0 Å². The largest absolute Gasteiger partial charge is 0.483 e. The topological polar surface area (TPSA) is 59.7 Å². The number of carbonyl (C=O) groups is 1. The third kappa shape index (κ3) is 2.71. The van der Waals surface area contributed by atoms with Crippen LogP contribution in [0.5, 0.6) is 5.75 Å². The van der Waals surface area contributed by atoms with Crippen molar-refractivity contribution in [2.75, 3.05) is 0 Å². The van der Waals surface area contributed by atoms with Gasteiger partial charge in [-0.15, -0.1) is 0 Å². The summed E-state index contributed by atoms with van der Waals surface area (Å²) in [5, 5.41) is 8.77. The minimum Gasteiger partial charge on any atom is -0.483 e. The molecular weight excluding hydrogens is 232 g/mol. The van der Waals surface area contributed by atoms with Gasteiger partial charge in [-0.05, 0) is 38.1 Å². The van der Waals surface area contributed by atoms with Gasteiger partial charge in [-0.3, -0.25) is 0 Å². The zero-order valence-electron chi connectivity index (χ0n) is 10.2. The monoisotopic (exact) mass is 246 g/mol. The van der Waals surface area contributed by atoms with Gasteiger partial charge >= 0.3 is 5.97 Å². The van der Waals surface area contributed by atoms with Crippen LogP contribution in [0.4, 0.5) is 0 Å². The standard InChI is InChI=1S/C14H14O4/c1-9-3-5-11(6-4-9)17-10(2)12-7-8-13(18-12)14(15)16/h3-8,10H,1-2H3,(H,15,16). The molecule has 94 valence electrons. The predicted molar refractivity (Wildman–Crippen MR) is 65.9 cm³/mol. The van der Waals surface area contributed by atoms with Gasteiger partial charge in [-0.25, -0.2) is 4.79 Å². The van der Waals surface area contributed by atoms with Crippen LogP contribution >= 0.6 is 0 Å². The van der Waals surface area contributed by atoms with Gasteiger partial charge in [-0.1, -0.05) is 17.7 Å². The van der Waals surface area contributed by atoms with E-state index in [4.69, 9.17) is 14.3 Å². The summed E-state index contributed by atoms with van der Waals surface area (Å²) in [5.74, 6) is 0.0579. The number of carboxylic acid groups (broad SMARTS) is 1. The Morgan fingerprint density at radius 1 is 1.22 bits per heavy atom. The van der Waals surface area contributed by atoms with E-state index in [9.17, 15) is 4.79 Å². The fourth-order valence-electron chi connectivity index (χ4n) is 1.57. The molecule has 1 aromatic heterocycles. The molecule has 0 aliphatic rings. The first-order valence-electron chi connectivity index (χ1n) is 5.62. The van der Waals surface area contributed by atoms with E-state index in [1.54, 1.807) is 6.07 Å². The van der Waals surface area contributed by atoms with Gasteiger partial charge in [0.15, 0.2) is 6.10 Å². The Morgan fingerprint density at radius 3 is 2.44 bits per heavy atom. The molecule has 0 spiro atoms. The van der Waals surface area contributed by atoms with E-state index in [2.05, 4.69) is 0 Å². The lowest BCUT2D eigenvalue weighted by Crippen LogP contribution is -2.02. The zero-order valence-corrected chi connectivity index (χ0v) is 10.2. The summed E-state index contributed by atoms with van der Waals surface area (Å²) in [6, 6.07) is 10.7. The lowest BCUT2D eigenvalue weighted by molar-refractivity contribution is 0.0655. The molecule has 1 N–H and O–H groups in total. The molecule has 0 aliphatic heterocycles. The Labute approximate surface area is 105 Å². The molecule has 2 rings (SSSR count). The number of hydrogen-bond donors (Lipinski definition) is 1. The number of furan rings is 1. The van der Waals surface area contributed by atoms with Crippen molar-refractivity contribution in [3.8, 4) is 5.75 Å². The summed E-state index contributed by atoms with van der Waals surface area (Å²) in [5.41, 5.74) is 1.15. The summed E-state index contributed by atoms with van der Waals surface area (Å²) in [6.07, 6.45) is -0.333. The van der Waals surface area contributed by atoms with Crippen LogP contribution in [0, 0.1) is 6.92 Å². The van der Waals surface area contributed by atoms with E-state index in [-0.39, 0.29) is 11.9 Å². The smallest absolute Gasteiger partial charge is 0.371 e. The van der Waals surface area contributed by atoms with Crippen LogP contribution in [0.2, 0.25) is 0 Å². The third-order valence-electron chi connectivity index (χ3n) is 2.57. The molecule has 0 aliphatic carbocycles. The maximum Gasteiger partial charge on any atom is 0.371 e. The Bertz CT molecular complexity index is 539. The highest BCUT2D eigenvalue weighted by Crippen LogP contribution is 2.23. The Hall–Kier alpha value is -2.23. The molecule has 1 aromatic carbocycles. The maximum atomic E-state index is 10.7. The molecule has 4 nitrogen and oxygen atoms in total. The zero-order chi connectivity index (χ0) is 13.1. The lowest BCUT2D eigenvalue weighted by Gasteiger charge is -2.12. The molecule has 4 heteroatoms. The average molecular weight is 246 g/mol. The highest BCUT2D eigenvalue weighted by atomic mass is 16.5. The number of rotatable bonds is 4. The molecular formula is C14H14O4. The van der Waals surface area contributed by atoms with Crippen molar-refractivity contribution >= 4 is 5.97 Å². The van der Waals surface area contributed by atoms with Gasteiger partial charge in [-0.2, -0.15) is 0 Å². The van der Waals surface area contributed by atoms with Crippen molar-refractivity contribution in [2.24, 2.45) is 0 Å². The predicted octanol–water partition coefficient (Wildman–Crippen LogP) is 3.43. The van der Waals surface area contributed by atoms with Crippen molar-refractivity contribution in [1.29, 1.82) is 0 Å². The quantitative estimate of drug-likeness (QED) is 0.897. The summed E-state index contributed by atoms with van der Waals surface area (Å²) in [6.45, 7) is 3.81. The fraction of sp³-hybridized carbons (Fsp3) is 0.214. The van der Waals surface area contributed by atoms with Crippen LogP contribution in [0.1, 0.15) is 34.9 Å². The fourth-order valence-corrected chi connectivity index (χ4v) is 1.57. The highest BCUT2D eigenvalue weighted by Gasteiger charge is 2.15. The first-order chi connectivity index (χ1) is 8.56. The molecule has 1 atom stereocenters. The van der Waals surface area contributed by atoms with E-state index in [1.165, 1.54) is 6.07 Å². The van der Waals surface area contributed by atoms with Crippen LogP contribution in [-0.4, -0.2) is 11.1 Å². The van der Waals surface area contributed by atoms with Gasteiger partial charge in [0, 0.05) is 0 Å². The summed E-state index contributed by atoms with van der Waals surface area (Å²) < 4.78 is 10.8. The number of hydrogen-bond acceptors (Lipinski definition) is 3. The molecule has 2 aromatic rings. The first-order valence-corrected chi connectivity index (χ1v) is 5.62. The average Bonchev–Trinajstić information content (AvgIpc) is 2.81. The Balaban J connectivity index is 2.09. The number of ether oxygens (including phenoxy) is 1. The molecule has 0 radical (unpaired) electrons. The number of carboxylic acids is 1. The summed E-state index contributed by atoms with van der Waals surface area (Å²) >= 11 is 0. The summed E-state index contributed by atoms with van der Waals surface area (Å²) in [7, 11) is 0. The van der Waals surface area contributed by atoms with Crippen molar-refractivity contribution in [3.63, 3.8) is 0 Å². The maximum absolute atomic E-state index is 10.7. The second kappa shape index (κ2) is 4.96. The SMILES string of the molecule is Cc1ccc(OC(C)c2ccc(C(=O)O)o2)cc1. The van der Waals surface area contributed by atoms with Gasteiger partial charge in [0.1, 0.15) is 11.5 Å². The Morgan fingerprint density at radius 2 is 1.89 bits per heavy atom. The minimum absolute atomic E-state index is 0.0793. The minimum atomic E-state index is -1.08. The van der Waals surface area contributed by atoms with Crippen LogP contribution < -0.4 is 4.74 Å². The van der Waals surface area contributed by atoms with Gasteiger partial charge in [0.05, 0.1) is 0 Å². The molecule has 0 saturated carbocycles. The van der Waals surface area contributed by atoms with E-state index in [0.717, 1.165) is 11.3 Å². The van der Waals surface area contributed by atoms with Gasteiger partial charge in [0.2, 0.25) is 5.76 Å². The molecule has 0 amide bonds. The lowest BCUT2D eigenvalue weighted by atomic mass is 10.2. The van der Waals surface area contributed by atoms with Crippen LogP contribution in [0.3, 0.4) is 0 Å².